The van der Waals surface area contributed by atoms with Gasteiger partial charge in [0.15, 0.2) is 0 Å². The molecule has 2 N–H and O–H groups in total. The Hall–Kier alpha value is -3.42. The van der Waals surface area contributed by atoms with Crippen molar-refractivity contribution < 1.29 is 19.1 Å². The lowest BCUT2D eigenvalue weighted by Crippen LogP contribution is -2.50. The van der Waals surface area contributed by atoms with Gasteiger partial charge in [0.1, 0.15) is 5.75 Å². The topological polar surface area (TPSA) is 83.1 Å². The summed E-state index contributed by atoms with van der Waals surface area (Å²) in [4.78, 5) is 27.9. The predicted octanol–water partition coefficient (Wildman–Crippen LogP) is 3.23. The summed E-state index contributed by atoms with van der Waals surface area (Å²) in [5.41, 5.74) is 2.27. The number of carbonyl (C=O) groups excluding carboxylic acids is 2. The number of nitrogens with zero attached hydrogens (tertiary/aromatic N) is 2. The molecular formula is C20H24N4O4. The summed E-state index contributed by atoms with van der Waals surface area (Å²) in [6.45, 7) is 2.75. The molecule has 0 atom stereocenters. The van der Waals surface area contributed by atoms with Gasteiger partial charge in [-0.2, -0.15) is 0 Å². The zero-order valence-electron chi connectivity index (χ0n) is 16.0. The van der Waals surface area contributed by atoms with Gasteiger partial charge in [0.25, 0.3) is 0 Å². The van der Waals surface area contributed by atoms with E-state index in [0.717, 1.165) is 24.5 Å². The fourth-order valence-corrected chi connectivity index (χ4v) is 3.01. The van der Waals surface area contributed by atoms with Crippen LogP contribution in [-0.4, -0.2) is 57.4 Å². The van der Waals surface area contributed by atoms with Crippen LogP contribution in [0, 0.1) is 0 Å². The summed E-state index contributed by atoms with van der Waals surface area (Å²) in [6, 6.07) is 14.7. The minimum absolute atomic E-state index is 0.162. The third kappa shape index (κ3) is 4.85. The van der Waals surface area contributed by atoms with E-state index in [9.17, 15) is 9.59 Å². The molecule has 0 unspecified atom stereocenters. The van der Waals surface area contributed by atoms with Crippen molar-refractivity contribution in [3.8, 4) is 5.75 Å². The number of rotatable bonds is 4. The van der Waals surface area contributed by atoms with Crippen LogP contribution in [0.25, 0.3) is 0 Å². The van der Waals surface area contributed by atoms with Gasteiger partial charge in [-0.05, 0) is 42.5 Å². The van der Waals surface area contributed by atoms with Crippen LogP contribution in [-0.2, 0) is 4.74 Å². The van der Waals surface area contributed by atoms with Gasteiger partial charge in [0.05, 0.1) is 14.2 Å². The van der Waals surface area contributed by atoms with Crippen molar-refractivity contribution in [3.63, 3.8) is 0 Å². The average molecular weight is 384 g/mol. The highest BCUT2D eigenvalue weighted by Crippen LogP contribution is 2.21. The molecule has 1 aliphatic rings. The summed E-state index contributed by atoms with van der Waals surface area (Å²) in [6.07, 6.45) is -0.557. The van der Waals surface area contributed by atoms with Crippen molar-refractivity contribution in [2.24, 2.45) is 0 Å². The maximum atomic E-state index is 12.6. The van der Waals surface area contributed by atoms with Crippen LogP contribution in [0.15, 0.2) is 48.5 Å². The Bertz CT molecular complexity index is 817. The molecule has 1 saturated heterocycles. The largest absolute Gasteiger partial charge is 0.497 e. The number of hydrogen-bond donors (Lipinski definition) is 2. The van der Waals surface area contributed by atoms with Crippen LogP contribution < -0.4 is 20.3 Å². The first-order chi connectivity index (χ1) is 13.6. The molecule has 1 fully saturated rings. The maximum absolute atomic E-state index is 12.6. The molecule has 2 aromatic rings. The minimum atomic E-state index is -0.557. The van der Waals surface area contributed by atoms with E-state index in [2.05, 4.69) is 20.3 Å². The fraction of sp³-hybridized carbons (Fsp3) is 0.300. The van der Waals surface area contributed by atoms with Gasteiger partial charge in [-0.1, -0.05) is 6.07 Å². The van der Waals surface area contributed by atoms with Crippen molar-refractivity contribution in [2.45, 2.75) is 0 Å². The summed E-state index contributed by atoms with van der Waals surface area (Å²) in [7, 11) is 2.94. The predicted molar refractivity (Wildman–Crippen MR) is 108 cm³/mol. The molecule has 0 bridgehead atoms. The zero-order chi connectivity index (χ0) is 19.9. The van der Waals surface area contributed by atoms with Crippen LogP contribution >= 0.6 is 0 Å². The van der Waals surface area contributed by atoms with E-state index < -0.39 is 6.09 Å². The molecular weight excluding hydrogens is 360 g/mol. The summed E-state index contributed by atoms with van der Waals surface area (Å²) in [5.74, 6) is 0.825. The first-order valence-electron chi connectivity index (χ1n) is 8.99. The smallest absolute Gasteiger partial charge is 0.411 e. The number of urea groups is 1. The van der Waals surface area contributed by atoms with Gasteiger partial charge >= 0.3 is 12.1 Å². The number of anilines is 3. The van der Waals surface area contributed by atoms with Gasteiger partial charge in [-0.15, -0.1) is 0 Å². The monoisotopic (exact) mass is 384 g/mol. The third-order valence-corrected chi connectivity index (χ3v) is 4.55. The molecule has 1 aliphatic heterocycles. The Balaban J connectivity index is 1.53. The fourth-order valence-electron chi connectivity index (χ4n) is 3.01. The highest BCUT2D eigenvalue weighted by atomic mass is 16.5. The van der Waals surface area contributed by atoms with Crippen LogP contribution in [0.5, 0.6) is 5.75 Å². The van der Waals surface area contributed by atoms with Crippen molar-refractivity contribution in [1.82, 2.24) is 4.90 Å². The normalized spacial score (nSPS) is 13.6. The second-order valence-corrected chi connectivity index (χ2v) is 6.30. The number of hydrogen-bond acceptors (Lipinski definition) is 5. The summed E-state index contributed by atoms with van der Waals surface area (Å²) in [5, 5.41) is 5.45. The Labute approximate surface area is 164 Å². The van der Waals surface area contributed by atoms with Crippen molar-refractivity contribution in [3.05, 3.63) is 48.5 Å². The molecule has 28 heavy (non-hydrogen) atoms. The molecule has 1 heterocycles. The number of ether oxygens (including phenoxy) is 2. The van der Waals surface area contributed by atoms with E-state index in [-0.39, 0.29) is 6.03 Å². The summed E-state index contributed by atoms with van der Waals surface area (Å²) >= 11 is 0. The number of nitrogens with one attached hydrogen (secondary N) is 2. The van der Waals surface area contributed by atoms with Crippen LogP contribution in [0.2, 0.25) is 0 Å². The molecule has 0 aliphatic carbocycles. The Morgan fingerprint density at radius 2 is 1.54 bits per heavy atom. The van der Waals surface area contributed by atoms with Crippen molar-refractivity contribution in [2.75, 3.05) is 55.9 Å². The van der Waals surface area contributed by atoms with Crippen LogP contribution in [0.3, 0.4) is 0 Å². The van der Waals surface area contributed by atoms with Gasteiger partial charge in [0, 0.05) is 43.2 Å². The number of methoxy groups -OCH3 is 2. The SMILES string of the molecule is COC(=O)Nc1cccc(NC(=O)N2CCN(c3ccc(OC)cc3)CC2)c1. The molecule has 8 heteroatoms. The van der Waals surface area contributed by atoms with Crippen LogP contribution in [0.1, 0.15) is 0 Å². The molecule has 148 valence electrons. The highest BCUT2D eigenvalue weighted by molar-refractivity contribution is 5.91. The third-order valence-electron chi connectivity index (χ3n) is 4.55. The Morgan fingerprint density at radius 1 is 0.893 bits per heavy atom. The standard InChI is InChI=1S/C20H24N4O4/c1-27-18-8-6-17(7-9-18)23-10-12-24(13-11-23)19(25)21-15-4-3-5-16(14-15)22-20(26)28-2/h3-9,14H,10-13H2,1-2H3,(H,21,25)(H,22,26). The molecule has 8 nitrogen and oxygen atoms in total. The second kappa shape index (κ2) is 8.98. The molecule has 0 aromatic heterocycles. The van der Waals surface area contributed by atoms with Gasteiger partial charge < -0.3 is 24.6 Å². The lowest BCUT2D eigenvalue weighted by Gasteiger charge is -2.36. The molecule has 3 amide bonds. The number of carbonyl (C=O) groups is 2. The highest BCUT2D eigenvalue weighted by Gasteiger charge is 2.21. The first kappa shape index (κ1) is 19.3. The maximum Gasteiger partial charge on any atom is 0.411 e. The van der Waals surface area contributed by atoms with Gasteiger partial charge in [-0.25, -0.2) is 9.59 Å². The molecule has 3 rings (SSSR count). The lowest BCUT2D eigenvalue weighted by atomic mass is 10.2. The van der Waals surface area contributed by atoms with E-state index in [0.29, 0.717) is 24.5 Å². The Morgan fingerprint density at radius 3 is 2.14 bits per heavy atom. The van der Waals surface area contributed by atoms with Crippen molar-refractivity contribution in [1.29, 1.82) is 0 Å². The van der Waals surface area contributed by atoms with Gasteiger partial charge in [0.2, 0.25) is 0 Å². The number of amides is 3. The van der Waals surface area contributed by atoms with E-state index >= 15 is 0 Å². The van der Waals surface area contributed by atoms with Gasteiger partial charge in [-0.3, -0.25) is 5.32 Å². The van der Waals surface area contributed by atoms with E-state index in [4.69, 9.17) is 4.74 Å². The first-order valence-corrected chi connectivity index (χ1v) is 8.99. The zero-order valence-corrected chi connectivity index (χ0v) is 16.0. The Kier molecular flexibility index (Phi) is 6.21. The number of piperazine rings is 1. The molecule has 0 saturated carbocycles. The molecule has 0 spiro atoms. The van der Waals surface area contributed by atoms with Crippen LogP contribution in [0.4, 0.5) is 26.7 Å². The van der Waals surface area contributed by atoms with E-state index in [1.165, 1.54) is 7.11 Å². The van der Waals surface area contributed by atoms with E-state index in [1.807, 2.05) is 24.3 Å². The molecule has 2 aromatic carbocycles. The minimum Gasteiger partial charge on any atom is -0.497 e. The van der Waals surface area contributed by atoms with E-state index in [1.54, 1.807) is 36.3 Å². The lowest BCUT2D eigenvalue weighted by molar-refractivity contribution is 0.187. The molecule has 0 radical (unpaired) electrons. The summed E-state index contributed by atoms with van der Waals surface area (Å²) < 4.78 is 9.76. The average Bonchev–Trinajstić information content (AvgIpc) is 2.74. The number of benzene rings is 2. The second-order valence-electron chi connectivity index (χ2n) is 6.30. The quantitative estimate of drug-likeness (QED) is 0.846. The van der Waals surface area contributed by atoms with Crippen molar-refractivity contribution >= 4 is 29.2 Å².